The van der Waals surface area contributed by atoms with Gasteiger partial charge in [0.1, 0.15) is 11.6 Å². The van der Waals surface area contributed by atoms with Crippen LogP contribution >= 0.6 is 0 Å². The Hall–Kier alpha value is -2.24. The molecule has 2 N–H and O–H groups in total. The SMILES string of the molecule is CN=C(NCc1ccco1)NC1CCn2ccnc2C1. The Bertz CT molecular complexity index is 572. The van der Waals surface area contributed by atoms with Gasteiger partial charge in [-0.15, -0.1) is 0 Å². The van der Waals surface area contributed by atoms with Crippen LogP contribution in [-0.2, 0) is 19.5 Å². The summed E-state index contributed by atoms with van der Waals surface area (Å²) in [6, 6.07) is 4.19. The maximum Gasteiger partial charge on any atom is 0.191 e. The lowest BCUT2D eigenvalue weighted by Gasteiger charge is -2.25. The summed E-state index contributed by atoms with van der Waals surface area (Å²) in [5.74, 6) is 2.83. The Labute approximate surface area is 117 Å². The molecule has 6 nitrogen and oxygen atoms in total. The number of nitrogens with one attached hydrogen (secondary N) is 2. The molecule has 0 aliphatic carbocycles. The molecule has 0 saturated heterocycles. The van der Waals surface area contributed by atoms with Crippen molar-refractivity contribution < 1.29 is 4.42 Å². The number of imidazole rings is 1. The molecule has 0 aromatic carbocycles. The number of aliphatic imine (C=N–C) groups is 1. The number of nitrogens with zero attached hydrogens (tertiary/aromatic N) is 3. The molecule has 2 aromatic heterocycles. The molecule has 106 valence electrons. The summed E-state index contributed by atoms with van der Waals surface area (Å²) < 4.78 is 7.50. The van der Waals surface area contributed by atoms with E-state index in [-0.39, 0.29) is 0 Å². The van der Waals surface area contributed by atoms with Crippen molar-refractivity contribution in [1.82, 2.24) is 20.2 Å². The molecule has 1 atom stereocenters. The lowest BCUT2D eigenvalue weighted by atomic mass is 10.1. The van der Waals surface area contributed by atoms with Gasteiger partial charge in [0.2, 0.25) is 0 Å². The van der Waals surface area contributed by atoms with E-state index in [1.54, 1.807) is 13.3 Å². The third kappa shape index (κ3) is 2.84. The van der Waals surface area contributed by atoms with E-state index < -0.39 is 0 Å². The van der Waals surface area contributed by atoms with Crippen molar-refractivity contribution in [2.75, 3.05) is 7.05 Å². The summed E-state index contributed by atoms with van der Waals surface area (Å²) in [5, 5.41) is 6.70. The Balaban J connectivity index is 1.54. The average Bonchev–Trinajstić information content (AvgIpc) is 3.13. The van der Waals surface area contributed by atoms with Gasteiger partial charge in [-0.2, -0.15) is 0 Å². The number of furan rings is 1. The first-order valence-corrected chi connectivity index (χ1v) is 6.84. The van der Waals surface area contributed by atoms with Gasteiger partial charge in [-0.1, -0.05) is 0 Å². The molecule has 0 amide bonds. The first-order valence-electron chi connectivity index (χ1n) is 6.84. The van der Waals surface area contributed by atoms with E-state index in [0.29, 0.717) is 12.6 Å². The first-order chi connectivity index (χ1) is 9.85. The van der Waals surface area contributed by atoms with E-state index in [1.165, 1.54) is 0 Å². The van der Waals surface area contributed by atoms with E-state index in [2.05, 4.69) is 25.2 Å². The van der Waals surface area contributed by atoms with Crippen molar-refractivity contribution in [3.05, 3.63) is 42.4 Å². The van der Waals surface area contributed by atoms with E-state index in [1.807, 2.05) is 24.5 Å². The number of aromatic nitrogens is 2. The number of hydrogen-bond donors (Lipinski definition) is 2. The van der Waals surface area contributed by atoms with Crippen LogP contribution in [-0.4, -0.2) is 28.6 Å². The van der Waals surface area contributed by atoms with Crippen LogP contribution in [0.3, 0.4) is 0 Å². The molecule has 1 aliphatic rings. The molecule has 0 radical (unpaired) electrons. The third-order valence-corrected chi connectivity index (χ3v) is 3.52. The van der Waals surface area contributed by atoms with Crippen molar-refractivity contribution in [3.8, 4) is 0 Å². The van der Waals surface area contributed by atoms with Crippen LogP contribution in [0.1, 0.15) is 18.0 Å². The highest BCUT2D eigenvalue weighted by molar-refractivity contribution is 5.79. The second kappa shape index (κ2) is 5.81. The number of aryl methyl sites for hydroxylation is 1. The Morgan fingerprint density at radius 2 is 2.55 bits per heavy atom. The van der Waals surface area contributed by atoms with Crippen LogP contribution in [0.2, 0.25) is 0 Å². The molecule has 1 unspecified atom stereocenters. The fourth-order valence-electron chi connectivity index (χ4n) is 2.45. The van der Waals surface area contributed by atoms with Crippen LogP contribution in [0.5, 0.6) is 0 Å². The standard InChI is InChI=1S/C14H19N5O/c1-15-14(17-10-12-3-2-8-20-12)18-11-4-6-19-7-5-16-13(19)9-11/h2-3,5,7-8,11H,4,6,9-10H2,1H3,(H2,15,17,18). The minimum Gasteiger partial charge on any atom is -0.467 e. The summed E-state index contributed by atoms with van der Waals surface area (Å²) in [5.41, 5.74) is 0. The molecule has 0 bridgehead atoms. The molecule has 3 rings (SSSR count). The largest absolute Gasteiger partial charge is 0.467 e. The van der Waals surface area contributed by atoms with Crippen molar-refractivity contribution >= 4 is 5.96 Å². The van der Waals surface area contributed by atoms with Crippen LogP contribution < -0.4 is 10.6 Å². The Morgan fingerprint density at radius 1 is 1.60 bits per heavy atom. The van der Waals surface area contributed by atoms with Gasteiger partial charge in [0.05, 0.1) is 12.8 Å². The molecule has 0 saturated carbocycles. The normalized spacial score (nSPS) is 18.6. The maximum atomic E-state index is 5.30. The average molecular weight is 273 g/mol. The third-order valence-electron chi connectivity index (χ3n) is 3.52. The predicted molar refractivity (Wildman–Crippen MR) is 76.4 cm³/mol. The number of rotatable bonds is 3. The highest BCUT2D eigenvalue weighted by atomic mass is 16.3. The zero-order chi connectivity index (χ0) is 13.8. The summed E-state index contributed by atoms with van der Waals surface area (Å²) in [6.45, 7) is 1.64. The number of hydrogen-bond acceptors (Lipinski definition) is 3. The highest BCUT2D eigenvalue weighted by Gasteiger charge is 2.19. The van der Waals surface area contributed by atoms with Gasteiger partial charge in [-0.25, -0.2) is 4.98 Å². The molecule has 0 spiro atoms. The van der Waals surface area contributed by atoms with E-state index in [0.717, 1.165) is 36.9 Å². The van der Waals surface area contributed by atoms with Gasteiger partial charge in [0.25, 0.3) is 0 Å². The highest BCUT2D eigenvalue weighted by Crippen LogP contribution is 2.12. The van der Waals surface area contributed by atoms with E-state index >= 15 is 0 Å². The van der Waals surface area contributed by atoms with Gasteiger partial charge in [-0.3, -0.25) is 4.99 Å². The van der Waals surface area contributed by atoms with Crippen LogP contribution in [0.4, 0.5) is 0 Å². The number of fused-ring (bicyclic) bond motifs is 1. The summed E-state index contributed by atoms with van der Waals surface area (Å²) in [7, 11) is 1.78. The number of guanidine groups is 1. The maximum absolute atomic E-state index is 5.30. The molecule has 20 heavy (non-hydrogen) atoms. The van der Waals surface area contributed by atoms with Gasteiger partial charge >= 0.3 is 0 Å². The van der Waals surface area contributed by atoms with Gasteiger partial charge in [0.15, 0.2) is 5.96 Å². The van der Waals surface area contributed by atoms with Crippen molar-refractivity contribution in [3.63, 3.8) is 0 Å². The van der Waals surface area contributed by atoms with Crippen molar-refractivity contribution in [2.45, 2.75) is 32.0 Å². The van der Waals surface area contributed by atoms with Gasteiger partial charge in [0, 0.05) is 38.4 Å². The molecular weight excluding hydrogens is 254 g/mol. The van der Waals surface area contributed by atoms with Crippen LogP contribution in [0.15, 0.2) is 40.2 Å². The quantitative estimate of drug-likeness (QED) is 0.650. The zero-order valence-corrected chi connectivity index (χ0v) is 11.5. The van der Waals surface area contributed by atoms with E-state index in [4.69, 9.17) is 4.42 Å². The summed E-state index contributed by atoms with van der Waals surface area (Å²) in [4.78, 5) is 8.63. The summed E-state index contributed by atoms with van der Waals surface area (Å²) in [6.07, 6.45) is 7.57. The Morgan fingerprint density at radius 3 is 3.35 bits per heavy atom. The minimum absolute atomic E-state index is 0.368. The Kier molecular flexibility index (Phi) is 3.71. The second-order valence-corrected chi connectivity index (χ2v) is 4.88. The fourth-order valence-corrected chi connectivity index (χ4v) is 2.45. The topological polar surface area (TPSA) is 67.4 Å². The molecular formula is C14H19N5O. The second-order valence-electron chi connectivity index (χ2n) is 4.88. The monoisotopic (exact) mass is 273 g/mol. The molecule has 1 aliphatic heterocycles. The summed E-state index contributed by atoms with van der Waals surface area (Å²) >= 11 is 0. The van der Waals surface area contributed by atoms with Crippen LogP contribution in [0, 0.1) is 0 Å². The van der Waals surface area contributed by atoms with Gasteiger partial charge < -0.3 is 19.6 Å². The van der Waals surface area contributed by atoms with Crippen LogP contribution in [0.25, 0.3) is 0 Å². The molecule has 3 heterocycles. The smallest absolute Gasteiger partial charge is 0.191 e. The predicted octanol–water partition coefficient (Wildman–Crippen LogP) is 1.16. The lowest BCUT2D eigenvalue weighted by Crippen LogP contribution is -2.46. The molecule has 0 fully saturated rings. The van der Waals surface area contributed by atoms with Gasteiger partial charge in [-0.05, 0) is 18.6 Å². The van der Waals surface area contributed by atoms with E-state index in [9.17, 15) is 0 Å². The fraction of sp³-hybridized carbons (Fsp3) is 0.429. The minimum atomic E-state index is 0.368. The molecule has 6 heteroatoms. The lowest BCUT2D eigenvalue weighted by molar-refractivity contribution is 0.430. The van der Waals surface area contributed by atoms with Crippen molar-refractivity contribution in [1.29, 1.82) is 0 Å². The van der Waals surface area contributed by atoms with Crippen molar-refractivity contribution in [2.24, 2.45) is 4.99 Å². The molecule has 2 aromatic rings. The zero-order valence-electron chi connectivity index (χ0n) is 11.5. The first kappa shape index (κ1) is 12.8.